The molecule has 0 bridgehead atoms. The molecule has 0 spiro atoms. The minimum absolute atomic E-state index is 0.319. The number of carbonyl (C=O) groups is 2. The highest BCUT2D eigenvalue weighted by Gasteiger charge is 2.21. The number of carboxylic acid groups (broad SMARTS) is 1. The molecule has 0 aliphatic rings. The van der Waals surface area contributed by atoms with Crippen LogP contribution in [-0.4, -0.2) is 40.4 Å². The van der Waals surface area contributed by atoms with Crippen molar-refractivity contribution >= 4 is 11.9 Å². The van der Waals surface area contributed by atoms with E-state index in [0.29, 0.717) is 4.68 Å². The largest absolute Gasteiger partial charge is 0.476 e. The van der Waals surface area contributed by atoms with Gasteiger partial charge in [-0.25, -0.2) is 18.4 Å². The Morgan fingerprint density at radius 2 is 2.25 bits per heavy atom. The summed E-state index contributed by atoms with van der Waals surface area (Å²) in [7, 11) is 1.06. The van der Waals surface area contributed by atoms with E-state index in [1.165, 1.54) is 0 Å². The zero-order valence-electron chi connectivity index (χ0n) is 8.18. The monoisotopic (exact) mass is 234 g/mol. The fourth-order valence-corrected chi connectivity index (χ4v) is 1.06. The number of carbonyl (C=O) groups excluding carboxylic acids is 1. The number of nitrogens with zero attached hydrogens (tertiary/aromatic N) is 2. The van der Waals surface area contributed by atoms with Gasteiger partial charge in [-0.2, -0.15) is 5.10 Å². The molecule has 6 nitrogen and oxygen atoms in total. The maximum Gasteiger partial charge on any atom is 0.356 e. The minimum atomic E-state index is -2.75. The van der Waals surface area contributed by atoms with Crippen LogP contribution in [0.4, 0.5) is 8.78 Å². The lowest BCUT2D eigenvalue weighted by molar-refractivity contribution is 0.0574. The third kappa shape index (κ3) is 2.53. The molecule has 0 aliphatic heterocycles. The maximum absolute atomic E-state index is 12.1. The summed E-state index contributed by atoms with van der Waals surface area (Å²) in [6.07, 6.45) is -2.75. The number of esters is 1. The lowest BCUT2D eigenvalue weighted by atomic mass is 10.3. The van der Waals surface area contributed by atoms with Crippen LogP contribution in [0.25, 0.3) is 0 Å². The van der Waals surface area contributed by atoms with Crippen LogP contribution in [-0.2, 0) is 11.3 Å². The van der Waals surface area contributed by atoms with E-state index in [4.69, 9.17) is 5.11 Å². The molecule has 0 atom stereocenters. The van der Waals surface area contributed by atoms with Gasteiger partial charge in [0.05, 0.1) is 7.11 Å². The number of methoxy groups -OCH3 is 1. The Balaban J connectivity index is 3.12. The van der Waals surface area contributed by atoms with Crippen molar-refractivity contribution in [3.63, 3.8) is 0 Å². The molecule has 0 amide bonds. The quantitative estimate of drug-likeness (QED) is 0.773. The summed E-state index contributed by atoms with van der Waals surface area (Å²) >= 11 is 0. The molecule has 0 fully saturated rings. The van der Waals surface area contributed by atoms with Gasteiger partial charge in [0.25, 0.3) is 6.43 Å². The Labute approximate surface area is 88.4 Å². The van der Waals surface area contributed by atoms with E-state index in [9.17, 15) is 18.4 Å². The number of aromatic nitrogens is 2. The zero-order chi connectivity index (χ0) is 12.3. The van der Waals surface area contributed by atoms with Gasteiger partial charge in [0.2, 0.25) is 0 Å². The summed E-state index contributed by atoms with van der Waals surface area (Å²) in [4.78, 5) is 21.7. The summed E-state index contributed by atoms with van der Waals surface area (Å²) in [6.45, 7) is -0.863. The molecular formula is C8H8F2N2O4. The van der Waals surface area contributed by atoms with Gasteiger partial charge in [0, 0.05) is 6.07 Å². The van der Waals surface area contributed by atoms with E-state index in [1.807, 2.05) is 0 Å². The number of hydrogen-bond acceptors (Lipinski definition) is 4. The van der Waals surface area contributed by atoms with Crippen LogP contribution in [0, 0.1) is 0 Å². The second-order valence-electron chi connectivity index (χ2n) is 2.78. The lowest BCUT2D eigenvalue weighted by Gasteiger charge is -2.03. The van der Waals surface area contributed by atoms with E-state index in [2.05, 4.69) is 9.84 Å². The van der Waals surface area contributed by atoms with Gasteiger partial charge in [0.15, 0.2) is 5.69 Å². The van der Waals surface area contributed by atoms with E-state index >= 15 is 0 Å². The first-order chi connectivity index (χ1) is 7.45. The molecule has 1 heterocycles. The Morgan fingerprint density at radius 3 is 2.69 bits per heavy atom. The standard InChI is InChI=1S/C8H8F2N2O4/c1-16-8(15)5-2-4(7(13)14)11-12(5)3-6(9)10/h2,6H,3H2,1H3,(H,13,14). The number of hydrogen-bond donors (Lipinski definition) is 1. The number of carboxylic acids is 1. The van der Waals surface area contributed by atoms with Gasteiger partial charge < -0.3 is 9.84 Å². The summed E-state index contributed by atoms with van der Waals surface area (Å²) in [6, 6.07) is 0.885. The Morgan fingerprint density at radius 1 is 1.62 bits per heavy atom. The molecule has 0 saturated heterocycles. The first-order valence-corrected chi connectivity index (χ1v) is 4.13. The number of ether oxygens (including phenoxy) is 1. The van der Waals surface area contributed by atoms with Gasteiger partial charge in [-0.05, 0) is 0 Å². The third-order valence-corrected chi connectivity index (χ3v) is 1.70. The fourth-order valence-electron chi connectivity index (χ4n) is 1.06. The molecule has 16 heavy (non-hydrogen) atoms. The molecule has 0 unspecified atom stereocenters. The second-order valence-corrected chi connectivity index (χ2v) is 2.78. The Bertz CT molecular complexity index is 416. The highest BCUT2D eigenvalue weighted by atomic mass is 19.3. The summed E-state index contributed by atoms with van der Waals surface area (Å²) in [5.74, 6) is -2.32. The van der Waals surface area contributed by atoms with Gasteiger partial charge >= 0.3 is 11.9 Å². The molecule has 1 rings (SSSR count). The van der Waals surface area contributed by atoms with Crippen molar-refractivity contribution in [1.29, 1.82) is 0 Å². The number of rotatable bonds is 4. The molecule has 1 aromatic rings. The zero-order valence-corrected chi connectivity index (χ0v) is 8.18. The van der Waals surface area contributed by atoms with Crippen molar-refractivity contribution in [2.24, 2.45) is 0 Å². The molecule has 0 aliphatic carbocycles. The first kappa shape index (κ1) is 12.1. The molecule has 1 N–H and O–H groups in total. The normalized spacial score (nSPS) is 10.5. The van der Waals surface area contributed by atoms with Gasteiger partial charge in [0.1, 0.15) is 12.2 Å². The van der Waals surface area contributed by atoms with Crippen LogP contribution in [0.5, 0.6) is 0 Å². The highest BCUT2D eigenvalue weighted by Crippen LogP contribution is 2.09. The van der Waals surface area contributed by atoms with Crippen LogP contribution < -0.4 is 0 Å². The molecule has 1 aromatic heterocycles. The number of aromatic carboxylic acids is 1. The predicted octanol–water partition coefficient (Wildman–Crippen LogP) is 0.633. The highest BCUT2D eigenvalue weighted by molar-refractivity contribution is 5.92. The van der Waals surface area contributed by atoms with E-state index in [0.717, 1.165) is 13.2 Å². The molecule has 8 heteroatoms. The van der Waals surface area contributed by atoms with E-state index in [1.54, 1.807) is 0 Å². The maximum atomic E-state index is 12.1. The van der Waals surface area contributed by atoms with E-state index in [-0.39, 0.29) is 5.69 Å². The predicted molar refractivity (Wildman–Crippen MR) is 46.5 cm³/mol. The van der Waals surface area contributed by atoms with Crippen LogP contribution in [0.1, 0.15) is 21.0 Å². The van der Waals surface area contributed by atoms with Crippen molar-refractivity contribution in [3.8, 4) is 0 Å². The second kappa shape index (κ2) is 4.69. The fraction of sp³-hybridized carbons (Fsp3) is 0.375. The lowest BCUT2D eigenvalue weighted by Crippen LogP contribution is -2.16. The average molecular weight is 234 g/mol. The number of alkyl halides is 2. The molecule has 0 aromatic carbocycles. The van der Waals surface area contributed by atoms with Crippen molar-refractivity contribution in [3.05, 3.63) is 17.5 Å². The molecule has 88 valence electrons. The van der Waals surface area contributed by atoms with Crippen molar-refractivity contribution in [1.82, 2.24) is 9.78 Å². The van der Waals surface area contributed by atoms with Crippen molar-refractivity contribution in [2.45, 2.75) is 13.0 Å². The van der Waals surface area contributed by atoms with Crippen LogP contribution in [0.2, 0.25) is 0 Å². The van der Waals surface area contributed by atoms with Crippen molar-refractivity contribution < 1.29 is 28.2 Å². The first-order valence-electron chi connectivity index (χ1n) is 4.13. The SMILES string of the molecule is COC(=O)c1cc(C(=O)O)nn1CC(F)F. The van der Waals surface area contributed by atoms with Crippen LogP contribution in [0.15, 0.2) is 6.07 Å². The molecule has 0 radical (unpaired) electrons. The number of halogens is 2. The topological polar surface area (TPSA) is 81.4 Å². The van der Waals surface area contributed by atoms with Gasteiger partial charge in [-0.3, -0.25) is 4.68 Å². The Hall–Kier alpha value is -1.99. The minimum Gasteiger partial charge on any atom is -0.476 e. The van der Waals surface area contributed by atoms with Gasteiger partial charge in [-0.1, -0.05) is 0 Å². The average Bonchev–Trinajstić information content (AvgIpc) is 2.59. The molecular weight excluding hydrogens is 226 g/mol. The summed E-state index contributed by atoms with van der Waals surface area (Å²) in [5, 5.41) is 12.0. The summed E-state index contributed by atoms with van der Waals surface area (Å²) < 4.78 is 29.2. The van der Waals surface area contributed by atoms with Crippen LogP contribution >= 0.6 is 0 Å². The van der Waals surface area contributed by atoms with Crippen molar-refractivity contribution in [2.75, 3.05) is 7.11 Å². The smallest absolute Gasteiger partial charge is 0.356 e. The summed E-state index contributed by atoms with van der Waals surface area (Å²) in [5.41, 5.74) is -0.804. The third-order valence-electron chi connectivity index (χ3n) is 1.70. The van der Waals surface area contributed by atoms with E-state index < -0.39 is 30.6 Å². The van der Waals surface area contributed by atoms with Gasteiger partial charge in [-0.15, -0.1) is 0 Å². The molecule has 0 saturated carbocycles. The van der Waals surface area contributed by atoms with Crippen LogP contribution in [0.3, 0.4) is 0 Å². The Kier molecular flexibility index (Phi) is 3.54.